The van der Waals surface area contributed by atoms with Crippen LogP contribution in [-0.2, 0) is 19.6 Å². The van der Waals surface area contributed by atoms with Crippen LogP contribution in [0.5, 0.6) is 11.5 Å². The van der Waals surface area contributed by atoms with Crippen molar-refractivity contribution < 1.29 is 32.2 Å². The van der Waals surface area contributed by atoms with Crippen molar-refractivity contribution in [3.8, 4) is 11.5 Å². The highest BCUT2D eigenvalue weighted by Gasteiger charge is 2.38. The number of H-pyrrole nitrogens is 1. The number of anilines is 1. The number of nitrogens with zero attached hydrogens (tertiary/aromatic N) is 1. The number of fused-ring (bicyclic) bond motifs is 1. The summed E-state index contributed by atoms with van der Waals surface area (Å²) in [6.45, 7) is 6.24. The Bertz CT molecular complexity index is 1210. The summed E-state index contributed by atoms with van der Waals surface area (Å²) in [4.78, 5) is 28.3. The summed E-state index contributed by atoms with van der Waals surface area (Å²) < 4.78 is 44.6. The van der Waals surface area contributed by atoms with Crippen LogP contribution in [0.3, 0.4) is 0 Å². The molecule has 184 valence electrons. The summed E-state index contributed by atoms with van der Waals surface area (Å²) >= 11 is 0. The van der Waals surface area contributed by atoms with E-state index in [1.165, 1.54) is 4.31 Å². The number of amides is 1. The zero-order valence-electron chi connectivity index (χ0n) is 19.5. The second-order valence-electron chi connectivity index (χ2n) is 8.35. The molecule has 4 rings (SSSR count). The average molecular weight is 492 g/mol. The zero-order chi connectivity index (χ0) is 24.5. The number of rotatable bonds is 6. The van der Waals surface area contributed by atoms with Crippen LogP contribution < -0.4 is 14.8 Å². The van der Waals surface area contributed by atoms with Crippen LogP contribution in [0.2, 0.25) is 0 Å². The maximum Gasteiger partial charge on any atom is 0.341 e. The first kappa shape index (κ1) is 24.1. The number of benzene rings is 1. The van der Waals surface area contributed by atoms with Crippen molar-refractivity contribution in [2.75, 3.05) is 38.2 Å². The second kappa shape index (κ2) is 9.67. The standard InChI is InChI=1S/C23H29N3O7S/c1-4-31-23(28)20-14(2)24-15(3)21(20)34(29,30)26-9-5-6-16(13-26)22(27)25-17-7-8-18-19(12-17)33-11-10-32-18/h7-8,12,16,24H,4-6,9-11,13H2,1-3H3,(H,25,27). The van der Waals surface area contributed by atoms with Gasteiger partial charge in [0, 0.05) is 36.2 Å². The molecule has 11 heteroatoms. The number of carbonyl (C=O) groups is 2. The summed E-state index contributed by atoms with van der Waals surface area (Å²) in [6.07, 6.45) is 1.08. The van der Waals surface area contributed by atoms with Crippen molar-refractivity contribution in [3.63, 3.8) is 0 Å². The molecule has 3 heterocycles. The lowest BCUT2D eigenvalue weighted by Gasteiger charge is -2.31. The number of aryl methyl sites for hydroxylation is 2. The highest BCUT2D eigenvalue weighted by molar-refractivity contribution is 7.89. The Morgan fingerprint density at radius 1 is 1.18 bits per heavy atom. The van der Waals surface area contributed by atoms with Gasteiger partial charge in [0.25, 0.3) is 0 Å². The average Bonchev–Trinajstić information content (AvgIpc) is 3.13. The Labute approximate surface area is 198 Å². The minimum Gasteiger partial charge on any atom is -0.486 e. The topological polar surface area (TPSA) is 127 Å². The van der Waals surface area contributed by atoms with Crippen LogP contribution in [0.15, 0.2) is 23.1 Å². The number of carbonyl (C=O) groups excluding carboxylic acids is 2. The van der Waals surface area contributed by atoms with E-state index in [4.69, 9.17) is 14.2 Å². The molecule has 34 heavy (non-hydrogen) atoms. The van der Waals surface area contributed by atoms with E-state index in [1.807, 2.05) is 0 Å². The van der Waals surface area contributed by atoms with E-state index < -0.39 is 21.9 Å². The van der Waals surface area contributed by atoms with Gasteiger partial charge in [0.15, 0.2) is 11.5 Å². The predicted octanol–water partition coefficient (Wildman–Crippen LogP) is 2.62. The van der Waals surface area contributed by atoms with Gasteiger partial charge < -0.3 is 24.5 Å². The maximum absolute atomic E-state index is 13.6. The number of esters is 1. The molecule has 2 aliphatic heterocycles. The lowest BCUT2D eigenvalue weighted by Crippen LogP contribution is -2.44. The first-order valence-corrected chi connectivity index (χ1v) is 12.7. The normalized spacial score (nSPS) is 18.4. The van der Waals surface area contributed by atoms with Gasteiger partial charge in [-0.05, 0) is 45.7 Å². The molecule has 2 aromatic rings. The van der Waals surface area contributed by atoms with Gasteiger partial charge in [-0.25, -0.2) is 13.2 Å². The number of hydrogen-bond acceptors (Lipinski definition) is 7. The molecule has 1 atom stereocenters. The molecule has 0 radical (unpaired) electrons. The fourth-order valence-corrected chi connectivity index (χ4v) is 6.34. The van der Waals surface area contributed by atoms with Crippen LogP contribution in [0.25, 0.3) is 0 Å². The SMILES string of the molecule is CCOC(=O)c1c(C)[nH]c(C)c1S(=O)(=O)N1CCCC(C(=O)Nc2ccc3c(c2)OCCO3)C1. The lowest BCUT2D eigenvalue weighted by atomic mass is 9.98. The lowest BCUT2D eigenvalue weighted by molar-refractivity contribution is -0.120. The highest BCUT2D eigenvalue weighted by Crippen LogP contribution is 2.34. The summed E-state index contributed by atoms with van der Waals surface area (Å²) in [5.74, 6) is -0.324. The van der Waals surface area contributed by atoms with E-state index in [0.717, 1.165) is 0 Å². The Hall–Kier alpha value is -3.05. The molecule has 1 fully saturated rings. The highest BCUT2D eigenvalue weighted by atomic mass is 32.2. The van der Waals surface area contributed by atoms with E-state index in [1.54, 1.807) is 39.0 Å². The third-order valence-corrected chi connectivity index (χ3v) is 8.00. The second-order valence-corrected chi connectivity index (χ2v) is 10.2. The van der Waals surface area contributed by atoms with E-state index in [2.05, 4.69) is 10.3 Å². The van der Waals surface area contributed by atoms with Crippen LogP contribution in [0.4, 0.5) is 5.69 Å². The zero-order valence-corrected chi connectivity index (χ0v) is 20.3. The first-order chi connectivity index (χ1) is 16.2. The van der Waals surface area contributed by atoms with Gasteiger partial charge in [-0.15, -0.1) is 0 Å². The third kappa shape index (κ3) is 4.62. The van der Waals surface area contributed by atoms with E-state index in [0.29, 0.717) is 54.6 Å². The Kier molecular flexibility index (Phi) is 6.85. The van der Waals surface area contributed by atoms with Crippen molar-refractivity contribution in [1.82, 2.24) is 9.29 Å². The third-order valence-electron chi connectivity index (χ3n) is 5.96. The van der Waals surface area contributed by atoms with Crippen LogP contribution >= 0.6 is 0 Å². The van der Waals surface area contributed by atoms with Crippen molar-refractivity contribution >= 4 is 27.6 Å². The Balaban J connectivity index is 1.52. The molecule has 0 aliphatic carbocycles. The van der Waals surface area contributed by atoms with Gasteiger partial charge in [0.2, 0.25) is 15.9 Å². The molecule has 0 spiro atoms. The number of aromatic nitrogens is 1. The largest absolute Gasteiger partial charge is 0.486 e. The summed E-state index contributed by atoms with van der Waals surface area (Å²) in [5, 5.41) is 2.86. The Morgan fingerprint density at radius 3 is 2.65 bits per heavy atom. The molecule has 2 aliphatic rings. The monoisotopic (exact) mass is 491 g/mol. The minimum atomic E-state index is -4.03. The van der Waals surface area contributed by atoms with Gasteiger partial charge in [0.05, 0.1) is 12.5 Å². The van der Waals surface area contributed by atoms with Crippen molar-refractivity contribution in [2.24, 2.45) is 5.92 Å². The molecule has 2 N–H and O–H groups in total. The van der Waals surface area contributed by atoms with Crippen LogP contribution in [0.1, 0.15) is 41.5 Å². The molecular weight excluding hydrogens is 462 g/mol. The number of sulfonamides is 1. The molecule has 0 bridgehead atoms. The van der Waals surface area contributed by atoms with Gasteiger partial charge in [-0.2, -0.15) is 4.31 Å². The number of aromatic amines is 1. The van der Waals surface area contributed by atoms with Gasteiger partial charge in [0.1, 0.15) is 23.7 Å². The van der Waals surface area contributed by atoms with E-state index in [9.17, 15) is 18.0 Å². The first-order valence-electron chi connectivity index (χ1n) is 11.3. The molecule has 1 saturated heterocycles. The summed E-state index contributed by atoms with van der Waals surface area (Å²) in [5.41, 5.74) is 1.36. The van der Waals surface area contributed by atoms with Crippen molar-refractivity contribution in [2.45, 2.75) is 38.5 Å². The molecule has 1 amide bonds. The quantitative estimate of drug-likeness (QED) is 0.595. The fraction of sp³-hybridized carbons (Fsp3) is 0.478. The molecule has 1 aromatic heterocycles. The van der Waals surface area contributed by atoms with Gasteiger partial charge in [-0.1, -0.05) is 0 Å². The van der Waals surface area contributed by atoms with Gasteiger partial charge in [-0.3, -0.25) is 4.79 Å². The minimum absolute atomic E-state index is 0.0159. The molecule has 1 unspecified atom stereocenters. The molecule has 10 nitrogen and oxygen atoms in total. The molecular formula is C23H29N3O7S. The summed E-state index contributed by atoms with van der Waals surface area (Å²) in [7, 11) is -4.03. The van der Waals surface area contributed by atoms with E-state index >= 15 is 0 Å². The number of piperidine rings is 1. The maximum atomic E-state index is 13.6. The van der Waals surface area contributed by atoms with Crippen LogP contribution in [0, 0.1) is 19.8 Å². The van der Waals surface area contributed by atoms with Crippen molar-refractivity contribution in [1.29, 1.82) is 0 Å². The fourth-order valence-electron chi connectivity index (χ4n) is 4.40. The number of nitrogens with one attached hydrogen (secondary N) is 2. The molecule has 1 aromatic carbocycles. The number of ether oxygens (including phenoxy) is 3. The van der Waals surface area contributed by atoms with Gasteiger partial charge >= 0.3 is 5.97 Å². The molecule has 0 saturated carbocycles. The predicted molar refractivity (Wildman–Crippen MR) is 124 cm³/mol. The Morgan fingerprint density at radius 2 is 1.91 bits per heavy atom. The van der Waals surface area contributed by atoms with Crippen molar-refractivity contribution in [3.05, 3.63) is 35.2 Å². The van der Waals surface area contributed by atoms with E-state index in [-0.39, 0.29) is 36.1 Å². The van der Waals surface area contributed by atoms with Crippen LogP contribution in [-0.4, -0.2) is 62.5 Å². The number of hydrogen-bond donors (Lipinski definition) is 2. The summed E-state index contributed by atoms with van der Waals surface area (Å²) in [6, 6.07) is 5.15. The smallest absolute Gasteiger partial charge is 0.341 e.